The van der Waals surface area contributed by atoms with Gasteiger partial charge in [0, 0.05) is 30.4 Å². The second-order valence-electron chi connectivity index (χ2n) is 17.0. The lowest BCUT2D eigenvalue weighted by molar-refractivity contribution is -0.138. The average molecular weight is 812 g/mol. The van der Waals surface area contributed by atoms with E-state index in [0.29, 0.717) is 43.2 Å². The first kappa shape index (κ1) is 40.9. The number of likely N-dealkylation sites (tertiary alicyclic amines) is 1. The normalized spacial score (nSPS) is 28.8. The van der Waals surface area contributed by atoms with Gasteiger partial charge in [-0.1, -0.05) is 43.7 Å². The third kappa shape index (κ3) is 7.71. The number of rotatable bonds is 10. The number of carbonyl (C=O) groups excluding carboxylic acids is 3. The Morgan fingerprint density at radius 2 is 1.67 bits per heavy atom. The number of carbonyl (C=O) groups is 3. The van der Waals surface area contributed by atoms with Crippen molar-refractivity contribution in [3.63, 3.8) is 0 Å². The van der Waals surface area contributed by atoms with E-state index >= 15 is 4.39 Å². The van der Waals surface area contributed by atoms with Gasteiger partial charge < -0.3 is 15.5 Å². The Morgan fingerprint density at radius 1 is 0.947 bits per heavy atom. The largest absolute Gasteiger partial charge is 0.416 e. The van der Waals surface area contributed by atoms with Gasteiger partial charge in [-0.05, 0) is 123 Å². The zero-order valence-electron chi connectivity index (χ0n) is 32.3. The molecular formula is C43H49F4N3O6S. The third-order valence-corrected chi connectivity index (χ3v) is 14.6. The lowest BCUT2D eigenvalue weighted by Crippen LogP contribution is -2.46. The van der Waals surface area contributed by atoms with Crippen molar-refractivity contribution in [1.29, 1.82) is 0 Å². The standard InChI is InChI=1S/C43H49F4N3O6S/c1-25-12-15-31(22-33(25)43(45,46)47)49-39(52)32-9-6-20-50(40(53)37-26(2)7-4-10-34(37)44)38(32)27-13-16-30(17-14-27)48-35-11-5-8-28(35)23-41(3)29-18-19-42(41,36(51)21-29)24-57(54,55)56/h4,7,10,12-17,22,28-29,32,35,38,48H,5-6,8-9,11,18-21,23-24H2,1-3H3,(H,49,52)(H,54,55,56)/t28?,29?,32-,35?,38-,41?,42?/m0/s1. The fourth-order valence-corrected chi connectivity index (χ4v) is 12.1. The molecule has 3 N–H and O–H groups in total. The summed E-state index contributed by atoms with van der Waals surface area (Å²) in [6, 6.07) is 14.4. The Balaban J connectivity index is 1.15. The van der Waals surface area contributed by atoms with Crippen molar-refractivity contribution in [1.82, 2.24) is 4.90 Å². The molecule has 3 aromatic carbocycles. The smallest absolute Gasteiger partial charge is 0.382 e. The first-order valence-corrected chi connectivity index (χ1v) is 21.3. The number of ketones is 1. The lowest BCUT2D eigenvalue weighted by atomic mass is 9.64. The van der Waals surface area contributed by atoms with Crippen molar-refractivity contribution in [2.45, 2.75) is 96.8 Å². The molecule has 2 bridgehead atoms. The number of nitrogens with zero attached hydrogens (tertiary/aromatic N) is 1. The van der Waals surface area contributed by atoms with Gasteiger partial charge in [0.2, 0.25) is 5.91 Å². The summed E-state index contributed by atoms with van der Waals surface area (Å²) in [5.74, 6) is -3.13. The summed E-state index contributed by atoms with van der Waals surface area (Å²) < 4.78 is 90.6. The number of benzene rings is 3. The number of piperidine rings is 1. The molecule has 7 atom stereocenters. The summed E-state index contributed by atoms with van der Waals surface area (Å²) in [5, 5.41) is 6.31. The maximum atomic E-state index is 15.2. The molecule has 0 aromatic heterocycles. The van der Waals surface area contributed by atoms with Gasteiger partial charge in [0.05, 0.1) is 34.3 Å². The topological polar surface area (TPSA) is 133 Å². The molecule has 4 aliphatic rings. The van der Waals surface area contributed by atoms with Crippen LogP contribution in [-0.4, -0.2) is 53.8 Å². The van der Waals surface area contributed by atoms with Gasteiger partial charge in [-0.25, -0.2) is 4.39 Å². The highest BCUT2D eigenvalue weighted by Crippen LogP contribution is 2.67. The number of amides is 2. The molecule has 7 rings (SSSR count). The summed E-state index contributed by atoms with van der Waals surface area (Å²) in [4.78, 5) is 42.9. The summed E-state index contributed by atoms with van der Waals surface area (Å²) in [7, 11) is -4.37. The number of hydrogen-bond acceptors (Lipinski definition) is 6. The summed E-state index contributed by atoms with van der Waals surface area (Å²) in [6.07, 6.45) is 0.994. The van der Waals surface area contributed by atoms with E-state index in [4.69, 9.17) is 0 Å². The average Bonchev–Trinajstić information content (AvgIpc) is 3.73. The summed E-state index contributed by atoms with van der Waals surface area (Å²) >= 11 is 0. The minimum atomic E-state index is -4.62. The Labute approximate surface area is 330 Å². The van der Waals surface area contributed by atoms with Gasteiger partial charge in [0.1, 0.15) is 11.6 Å². The van der Waals surface area contributed by atoms with Gasteiger partial charge >= 0.3 is 6.18 Å². The minimum Gasteiger partial charge on any atom is -0.382 e. The lowest BCUT2D eigenvalue weighted by Gasteiger charge is -2.42. The highest BCUT2D eigenvalue weighted by molar-refractivity contribution is 7.85. The highest BCUT2D eigenvalue weighted by atomic mass is 32.2. The molecule has 1 heterocycles. The van der Waals surface area contributed by atoms with E-state index in [9.17, 15) is 40.5 Å². The predicted octanol–water partition coefficient (Wildman–Crippen LogP) is 8.93. The minimum absolute atomic E-state index is 0.0155. The van der Waals surface area contributed by atoms with E-state index in [2.05, 4.69) is 10.6 Å². The molecule has 14 heteroatoms. The second kappa shape index (κ2) is 15.1. The Morgan fingerprint density at radius 3 is 2.33 bits per heavy atom. The van der Waals surface area contributed by atoms with E-state index in [1.54, 1.807) is 13.0 Å². The van der Waals surface area contributed by atoms with Gasteiger partial charge in [0.15, 0.2) is 0 Å². The van der Waals surface area contributed by atoms with Crippen LogP contribution >= 0.6 is 0 Å². The first-order valence-electron chi connectivity index (χ1n) is 19.7. The molecule has 2 amide bonds. The van der Waals surface area contributed by atoms with Crippen LogP contribution < -0.4 is 10.6 Å². The van der Waals surface area contributed by atoms with Gasteiger partial charge in [-0.2, -0.15) is 21.6 Å². The number of halogens is 4. The number of anilines is 2. The molecule has 0 radical (unpaired) electrons. The SMILES string of the molecule is Cc1ccc(NC(=O)[C@H]2CCCN(C(=O)c3c(C)cccc3F)[C@H]2c2ccc(NC3CCCC3CC3(C)C4CCC3(CS(=O)(=O)O)C(=O)C4)cc2)cc1C(F)(F)F. The summed E-state index contributed by atoms with van der Waals surface area (Å²) in [5.41, 5.74) is -0.817. The van der Waals surface area contributed by atoms with E-state index in [0.717, 1.165) is 37.4 Å². The van der Waals surface area contributed by atoms with E-state index in [-0.39, 0.29) is 47.0 Å². The second-order valence-corrected chi connectivity index (χ2v) is 18.4. The van der Waals surface area contributed by atoms with Crippen molar-refractivity contribution < 1.29 is 44.9 Å². The van der Waals surface area contributed by atoms with Gasteiger partial charge in [-0.15, -0.1) is 0 Å². The molecule has 0 spiro atoms. The van der Waals surface area contributed by atoms with Gasteiger partial charge in [-0.3, -0.25) is 18.9 Å². The zero-order valence-corrected chi connectivity index (χ0v) is 33.1. The predicted molar refractivity (Wildman–Crippen MR) is 208 cm³/mol. The van der Waals surface area contributed by atoms with E-state index in [1.807, 2.05) is 31.2 Å². The number of hydrogen-bond donors (Lipinski definition) is 3. The molecule has 1 aliphatic heterocycles. The monoisotopic (exact) mass is 811 g/mol. The molecule has 5 unspecified atom stereocenters. The van der Waals surface area contributed by atoms with Crippen LogP contribution in [0.15, 0.2) is 60.7 Å². The van der Waals surface area contributed by atoms with Crippen LogP contribution in [0.4, 0.5) is 28.9 Å². The molecule has 4 fully saturated rings. The summed E-state index contributed by atoms with van der Waals surface area (Å²) in [6.45, 7) is 5.23. The molecular weight excluding hydrogens is 763 g/mol. The fourth-order valence-electron chi connectivity index (χ4n) is 10.8. The molecule has 3 aromatic rings. The number of nitrogens with one attached hydrogen (secondary N) is 2. The quantitative estimate of drug-likeness (QED) is 0.138. The molecule has 306 valence electrons. The van der Waals surface area contributed by atoms with Crippen molar-refractivity contribution in [3.8, 4) is 0 Å². The van der Waals surface area contributed by atoms with Crippen LogP contribution in [0.1, 0.15) is 103 Å². The number of fused-ring (bicyclic) bond motifs is 2. The van der Waals surface area contributed by atoms with Crippen molar-refractivity contribution in [3.05, 3.63) is 94.3 Å². The van der Waals surface area contributed by atoms with Crippen molar-refractivity contribution >= 4 is 39.1 Å². The Hall–Kier alpha value is -4.30. The third-order valence-electron chi connectivity index (χ3n) is 13.7. The maximum absolute atomic E-state index is 15.2. The van der Waals surface area contributed by atoms with Gasteiger partial charge in [0.25, 0.3) is 16.0 Å². The van der Waals surface area contributed by atoms with Crippen molar-refractivity contribution in [2.75, 3.05) is 22.9 Å². The van der Waals surface area contributed by atoms with Crippen LogP contribution in [0.3, 0.4) is 0 Å². The van der Waals surface area contributed by atoms with E-state index in [1.165, 1.54) is 36.1 Å². The Bertz CT molecular complexity index is 2160. The molecule has 3 aliphatic carbocycles. The van der Waals surface area contributed by atoms with Crippen LogP contribution in [0.5, 0.6) is 0 Å². The van der Waals surface area contributed by atoms with Crippen LogP contribution in [0.25, 0.3) is 0 Å². The Kier molecular flexibility index (Phi) is 10.9. The number of aryl methyl sites for hydroxylation is 2. The zero-order chi connectivity index (χ0) is 41.1. The molecule has 9 nitrogen and oxygen atoms in total. The molecule has 57 heavy (non-hydrogen) atoms. The van der Waals surface area contributed by atoms with Crippen LogP contribution in [-0.2, 0) is 25.9 Å². The maximum Gasteiger partial charge on any atom is 0.416 e. The number of alkyl halides is 3. The molecule has 1 saturated heterocycles. The van der Waals surface area contributed by atoms with Crippen LogP contribution in [0, 0.1) is 48.2 Å². The number of Topliss-reactive ketones (excluding diaryl/α,β-unsaturated/α-hetero) is 1. The fraction of sp³-hybridized carbons (Fsp3) is 0.512. The van der Waals surface area contributed by atoms with E-state index < -0.39 is 68.0 Å². The first-order chi connectivity index (χ1) is 26.8. The molecule has 3 saturated carbocycles. The van der Waals surface area contributed by atoms with Crippen LogP contribution in [0.2, 0.25) is 0 Å². The highest BCUT2D eigenvalue weighted by Gasteiger charge is 2.67. The van der Waals surface area contributed by atoms with Crippen molar-refractivity contribution in [2.24, 2.45) is 28.6 Å².